The Kier molecular flexibility index (Phi) is 5.30. The number of pyridine rings is 1. The van der Waals surface area contributed by atoms with Crippen molar-refractivity contribution in [1.29, 1.82) is 0 Å². The summed E-state index contributed by atoms with van der Waals surface area (Å²) in [6.07, 6.45) is 5.80. The lowest BCUT2D eigenvalue weighted by Gasteiger charge is -2.08. The van der Waals surface area contributed by atoms with E-state index in [9.17, 15) is 10.1 Å². The van der Waals surface area contributed by atoms with Crippen molar-refractivity contribution < 1.29 is 9.66 Å². The first-order valence-corrected chi connectivity index (χ1v) is 9.60. The number of fused-ring (bicyclic) bond motifs is 1. The second kappa shape index (κ2) is 8.21. The Morgan fingerprint density at radius 2 is 1.87 bits per heavy atom. The van der Waals surface area contributed by atoms with E-state index in [0.29, 0.717) is 0 Å². The maximum Gasteiger partial charge on any atom is 0.310 e. The number of aromatic nitrogens is 2. The maximum absolute atomic E-state index is 11.4. The van der Waals surface area contributed by atoms with Crippen molar-refractivity contribution in [3.8, 4) is 5.75 Å². The van der Waals surface area contributed by atoms with Crippen LogP contribution in [0.4, 0.5) is 5.69 Å². The lowest BCUT2D eigenvalue weighted by Crippen LogP contribution is -1.99. The largest absolute Gasteiger partial charge is 0.482 e. The highest BCUT2D eigenvalue weighted by Crippen LogP contribution is 2.29. The first kappa shape index (κ1) is 19.4. The number of ether oxygens (including phenoxy) is 1. The zero-order valence-electron chi connectivity index (χ0n) is 16.8. The van der Waals surface area contributed by atoms with Crippen LogP contribution in [0.1, 0.15) is 28.1 Å². The van der Waals surface area contributed by atoms with E-state index in [-0.39, 0.29) is 18.0 Å². The summed E-state index contributed by atoms with van der Waals surface area (Å²) in [5, 5.41) is 11.4. The van der Waals surface area contributed by atoms with Gasteiger partial charge in [-0.2, -0.15) is 0 Å². The number of hydrogen-bond acceptors (Lipinski definition) is 4. The summed E-state index contributed by atoms with van der Waals surface area (Å²) in [4.78, 5) is 15.7. The number of aryl methyl sites for hydroxylation is 2. The minimum atomic E-state index is -0.428. The average molecular weight is 399 g/mol. The lowest BCUT2D eigenvalue weighted by atomic mass is 10.1. The topological polar surface area (TPSA) is 69.7 Å². The minimum Gasteiger partial charge on any atom is -0.482 e. The van der Waals surface area contributed by atoms with Crippen LogP contribution in [0.25, 0.3) is 17.8 Å². The Morgan fingerprint density at radius 3 is 2.60 bits per heavy atom. The van der Waals surface area contributed by atoms with Crippen molar-refractivity contribution in [3.05, 3.63) is 105 Å². The van der Waals surface area contributed by atoms with Crippen LogP contribution in [0.15, 0.2) is 66.9 Å². The molecule has 0 saturated carbocycles. The van der Waals surface area contributed by atoms with Crippen LogP contribution in [0.5, 0.6) is 5.75 Å². The Hall–Kier alpha value is -3.93. The molecule has 30 heavy (non-hydrogen) atoms. The summed E-state index contributed by atoms with van der Waals surface area (Å²) in [6, 6.07) is 18.5. The fourth-order valence-corrected chi connectivity index (χ4v) is 3.31. The van der Waals surface area contributed by atoms with Gasteiger partial charge in [-0.1, -0.05) is 42.5 Å². The molecule has 0 saturated heterocycles. The van der Waals surface area contributed by atoms with Crippen molar-refractivity contribution in [2.24, 2.45) is 0 Å². The number of imidazole rings is 1. The van der Waals surface area contributed by atoms with Crippen molar-refractivity contribution in [2.75, 3.05) is 0 Å². The maximum atomic E-state index is 11.4. The molecule has 0 bridgehead atoms. The quantitative estimate of drug-likeness (QED) is 0.312. The molecule has 0 atom stereocenters. The summed E-state index contributed by atoms with van der Waals surface area (Å²) >= 11 is 0. The van der Waals surface area contributed by atoms with Crippen LogP contribution in [0.2, 0.25) is 0 Å². The number of nitrogens with zero attached hydrogens (tertiary/aromatic N) is 3. The highest BCUT2D eigenvalue weighted by molar-refractivity contribution is 5.72. The molecule has 0 N–H and O–H groups in total. The summed E-state index contributed by atoms with van der Waals surface area (Å²) in [6.45, 7) is 4.31. The number of benzene rings is 2. The molecule has 0 unspecified atom stereocenters. The van der Waals surface area contributed by atoms with E-state index in [1.807, 2.05) is 74.7 Å². The molecule has 4 rings (SSSR count). The van der Waals surface area contributed by atoms with E-state index < -0.39 is 4.92 Å². The van der Waals surface area contributed by atoms with E-state index in [1.54, 1.807) is 12.1 Å². The van der Waals surface area contributed by atoms with Gasteiger partial charge in [0.05, 0.1) is 10.6 Å². The van der Waals surface area contributed by atoms with Gasteiger partial charge in [0.2, 0.25) is 0 Å². The summed E-state index contributed by atoms with van der Waals surface area (Å²) < 4.78 is 7.82. The van der Waals surface area contributed by atoms with Gasteiger partial charge in [0, 0.05) is 18.0 Å². The molecule has 0 amide bonds. The molecule has 0 radical (unpaired) electrons. The lowest BCUT2D eigenvalue weighted by molar-refractivity contribution is -0.385. The van der Waals surface area contributed by atoms with Gasteiger partial charge in [-0.05, 0) is 54.8 Å². The molecule has 0 spiro atoms. The Bertz CT molecular complexity index is 1240. The van der Waals surface area contributed by atoms with Crippen molar-refractivity contribution >= 4 is 23.5 Å². The molecule has 6 nitrogen and oxygen atoms in total. The van der Waals surface area contributed by atoms with Crippen LogP contribution in [0.3, 0.4) is 0 Å². The van der Waals surface area contributed by atoms with Crippen molar-refractivity contribution in [3.63, 3.8) is 0 Å². The monoisotopic (exact) mass is 399 g/mol. The normalized spacial score (nSPS) is 11.3. The Balaban J connectivity index is 1.62. The van der Waals surface area contributed by atoms with Gasteiger partial charge in [-0.25, -0.2) is 4.98 Å². The van der Waals surface area contributed by atoms with Gasteiger partial charge in [-0.15, -0.1) is 0 Å². The highest BCUT2D eigenvalue weighted by atomic mass is 16.6. The number of rotatable bonds is 6. The molecule has 150 valence electrons. The molecule has 0 aliphatic carbocycles. The third kappa shape index (κ3) is 3.93. The molecule has 0 aliphatic rings. The van der Waals surface area contributed by atoms with Gasteiger partial charge in [0.15, 0.2) is 5.75 Å². The Morgan fingerprint density at radius 1 is 1.07 bits per heavy atom. The zero-order chi connectivity index (χ0) is 21.1. The predicted molar refractivity (Wildman–Crippen MR) is 117 cm³/mol. The van der Waals surface area contributed by atoms with Crippen molar-refractivity contribution in [1.82, 2.24) is 9.38 Å². The molecule has 4 aromatic rings. The predicted octanol–water partition coefficient (Wildman–Crippen LogP) is 5.61. The fourth-order valence-electron chi connectivity index (χ4n) is 3.31. The minimum absolute atomic E-state index is 0.0531. The van der Waals surface area contributed by atoms with Crippen LogP contribution in [0, 0.1) is 24.0 Å². The number of hydrogen-bond donors (Lipinski definition) is 0. The van der Waals surface area contributed by atoms with Gasteiger partial charge in [0.25, 0.3) is 0 Å². The average Bonchev–Trinajstić information content (AvgIpc) is 3.08. The third-order valence-corrected chi connectivity index (χ3v) is 4.97. The molecule has 2 heterocycles. The van der Waals surface area contributed by atoms with Crippen LogP contribution < -0.4 is 4.74 Å². The molecule has 6 heteroatoms. The van der Waals surface area contributed by atoms with Crippen LogP contribution >= 0.6 is 0 Å². The van der Waals surface area contributed by atoms with E-state index in [2.05, 4.69) is 4.40 Å². The zero-order valence-corrected chi connectivity index (χ0v) is 16.8. The number of nitro groups is 1. The van der Waals surface area contributed by atoms with Gasteiger partial charge >= 0.3 is 5.69 Å². The van der Waals surface area contributed by atoms with Gasteiger partial charge in [0.1, 0.15) is 12.3 Å². The summed E-state index contributed by atoms with van der Waals surface area (Å²) in [7, 11) is 0. The first-order valence-electron chi connectivity index (χ1n) is 9.60. The molecular weight excluding hydrogens is 378 g/mol. The molecule has 2 aromatic heterocycles. The van der Waals surface area contributed by atoms with Crippen molar-refractivity contribution in [2.45, 2.75) is 20.5 Å². The fraction of sp³-hybridized carbons (Fsp3) is 0.125. The van der Waals surface area contributed by atoms with E-state index in [0.717, 1.165) is 33.7 Å². The second-order valence-corrected chi connectivity index (χ2v) is 7.06. The molecule has 0 aliphatic heterocycles. The first-order chi connectivity index (χ1) is 14.5. The molecular formula is C24H21N3O3. The smallest absolute Gasteiger partial charge is 0.310 e. The van der Waals surface area contributed by atoms with E-state index in [1.165, 1.54) is 6.07 Å². The molecule has 2 aromatic carbocycles. The van der Waals surface area contributed by atoms with E-state index in [4.69, 9.17) is 9.72 Å². The third-order valence-electron chi connectivity index (χ3n) is 4.97. The van der Waals surface area contributed by atoms with Gasteiger partial charge < -0.3 is 9.14 Å². The summed E-state index contributed by atoms with van der Waals surface area (Å²) in [5.74, 6) is 0.244. The number of nitro benzene ring substituents is 1. The summed E-state index contributed by atoms with van der Waals surface area (Å²) in [5.41, 5.74) is 5.61. The van der Waals surface area contributed by atoms with Crippen LogP contribution in [-0.4, -0.2) is 14.3 Å². The Labute approximate surface area is 174 Å². The van der Waals surface area contributed by atoms with Crippen LogP contribution in [-0.2, 0) is 6.61 Å². The highest BCUT2D eigenvalue weighted by Gasteiger charge is 2.15. The van der Waals surface area contributed by atoms with E-state index >= 15 is 0 Å². The second-order valence-electron chi connectivity index (χ2n) is 7.06. The standard InChI is InChI=1S/C24H21N3O3/c1-17-7-6-14-26-18(2)21(25-24(17)26)12-10-19-11-13-22(27(28)29)23(15-19)30-16-20-8-4-3-5-9-20/h3-15H,16H2,1-2H3/b12-10+. The van der Waals surface area contributed by atoms with Gasteiger partial charge in [-0.3, -0.25) is 10.1 Å². The SMILES string of the molecule is Cc1cccn2c(C)c(/C=C/c3ccc([N+](=O)[O-])c(OCc4ccccc4)c3)nc12. The molecule has 0 fully saturated rings.